The average molecular weight is 252 g/mol. The van der Waals surface area contributed by atoms with E-state index in [0.29, 0.717) is 6.04 Å². The Bertz CT molecular complexity index is 420. The number of thiophene rings is 1. The minimum Gasteiger partial charge on any atom is -0.304 e. The van der Waals surface area contributed by atoms with E-state index < -0.39 is 0 Å². The second-order valence-electron chi connectivity index (χ2n) is 3.70. The molecule has 2 heterocycles. The zero-order chi connectivity index (χ0) is 11.4. The van der Waals surface area contributed by atoms with Crippen molar-refractivity contribution in [1.82, 2.24) is 10.3 Å². The number of aryl methyl sites for hydroxylation is 1. The fraction of sp³-hybridized carbons (Fsp3) is 0.417. The van der Waals surface area contributed by atoms with Crippen molar-refractivity contribution in [3.05, 3.63) is 38.5 Å². The molecule has 1 unspecified atom stereocenters. The monoisotopic (exact) mass is 252 g/mol. The Morgan fingerprint density at radius 2 is 2.31 bits per heavy atom. The molecule has 0 aliphatic carbocycles. The minimum atomic E-state index is 0.332. The molecule has 16 heavy (non-hydrogen) atoms. The maximum absolute atomic E-state index is 4.59. The van der Waals surface area contributed by atoms with Gasteiger partial charge in [-0.25, -0.2) is 4.98 Å². The molecule has 0 fully saturated rings. The minimum absolute atomic E-state index is 0.332. The summed E-state index contributed by atoms with van der Waals surface area (Å²) in [4.78, 5) is 5.96. The first-order chi connectivity index (χ1) is 7.79. The summed E-state index contributed by atoms with van der Waals surface area (Å²) in [5, 5.41) is 8.98. The molecule has 0 aromatic carbocycles. The highest BCUT2D eigenvalue weighted by atomic mass is 32.1. The van der Waals surface area contributed by atoms with Crippen molar-refractivity contribution < 1.29 is 0 Å². The highest BCUT2D eigenvalue weighted by Crippen LogP contribution is 2.18. The van der Waals surface area contributed by atoms with Gasteiger partial charge in [-0.05, 0) is 24.8 Å². The lowest BCUT2D eigenvalue weighted by Crippen LogP contribution is -2.17. The Labute approximate surface area is 104 Å². The number of hydrogen-bond acceptors (Lipinski definition) is 4. The zero-order valence-corrected chi connectivity index (χ0v) is 11.2. The van der Waals surface area contributed by atoms with Crippen molar-refractivity contribution >= 4 is 22.7 Å². The van der Waals surface area contributed by atoms with Crippen LogP contribution in [0.5, 0.6) is 0 Å². The van der Waals surface area contributed by atoms with Crippen LogP contribution in [-0.4, -0.2) is 4.98 Å². The van der Waals surface area contributed by atoms with Gasteiger partial charge in [0.15, 0.2) is 0 Å². The highest BCUT2D eigenvalue weighted by molar-refractivity contribution is 7.10. The number of thiazole rings is 1. The van der Waals surface area contributed by atoms with E-state index in [-0.39, 0.29) is 0 Å². The summed E-state index contributed by atoms with van der Waals surface area (Å²) in [5.74, 6) is 0. The number of nitrogens with one attached hydrogen (secondary N) is 1. The second kappa shape index (κ2) is 5.57. The van der Waals surface area contributed by atoms with Gasteiger partial charge >= 0.3 is 0 Å². The number of aromatic nitrogens is 1. The van der Waals surface area contributed by atoms with Gasteiger partial charge in [0.25, 0.3) is 0 Å². The molecule has 0 bridgehead atoms. The van der Waals surface area contributed by atoms with E-state index in [9.17, 15) is 0 Å². The van der Waals surface area contributed by atoms with Gasteiger partial charge < -0.3 is 5.32 Å². The molecule has 0 spiro atoms. The van der Waals surface area contributed by atoms with Crippen molar-refractivity contribution in [2.24, 2.45) is 0 Å². The van der Waals surface area contributed by atoms with Gasteiger partial charge in [0.1, 0.15) is 0 Å². The zero-order valence-electron chi connectivity index (χ0n) is 9.56. The van der Waals surface area contributed by atoms with Crippen LogP contribution in [0.1, 0.15) is 35.5 Å². The predicted octanol–water partition coefficient (Wildman–Crippen LogP) is 3.62. The number of hydrogen-bond donors (Lipinski definition) is 1. The lowest BCUT2D eigenvalue weighted by Gasteiger charge is -2.10. The van der Waals surface area contributed by atoms with Gasteiger partial charge in [0.2, 0.25) is 0 Å². The van der Waals surface area contributed by atoms with Gasteiger partial charge in [-0.3, -0.25) is 0 Å². The molecule has 0 saturated heterocycles. The summed E-state index contributed by atoms with van der Waals surface area (Å²) < 4.78 is 0. The first-order valence-electron chi connectivity index (χ1n) is 5.49. The maximum Gasteiger partial charge on any atom is 0.0926 e. The molecule has 2 aromatic rings. The predicted molar refractivity (Wildman–Crippen MR) is 71.1 cm³/mol. The van der Waals surface area contributed by atoms with Crippen molar-refractivity contribution in [3.8, 4) is 0 Å². The Morgan fingerprint density at radius 3 is 2.94 bits per heavy atom. The molecule has 86 valence electrons. The van der Waals surface area contributed by atoms with Gasteiger partial charge in [0, 0.05) is 22.8 Å². The third kappa shape index (κ3) is 2.90. The Balaban J connectivity index is 1.90. The van der Waals surface area contributed by atoms with Crippen molar-refractivity contribution in [2.45, 2.75) is 32.9 Å². The lowest BCUT2D eigenvalue weighted by atomic mass is 10.2. The normalized spacial score (nSPS) is 12.9. The first kappa shape index (κ1) is 11.8. The summed E-state index contributed by atoms with van der Waals surface area (Å²) in [6.07, 6.45) is 1.03. The van der Waals surface area contributed by atoms with E-state index in [0.717, 1.165) is 13.0 Å². The smallest absolute Gasteiger partial charge is 0.0926 e. The van der Waals surface area contributed by atoms with Crippen LogP contribution in [0.3, 0.4) is 0 Å². The molecule has 0 aliphatic rings. The molecule has 0 radical (unpaired) electrons. The molecular weight excluding hydrogens is 236 g/mol. The average Bonchev–Trinajstić information content (AvgIpc) is 2.96. The SMILES string of the molecule is CCc1nc(C(C)NCc2cccs2)cs1. The molecule has 0 aliphatic heterocycles. The number of rotatable bonds is 5. The van der Waals surface area contributed by atoms with Crippen LogP contribution >= 0.6 is 22.7 Å². The van der Waals surface area contributed by atoms with Crippen LogP contribution < -0.4 is 5.32 Å². The summed E-state index contributed by atoms with van der Waals surface area (Å²) in [7, 11) is 0. The molecule has 0 saturated carbocycles. The van der Waals surface area contributed by atoms with Crippen molar-refractivity contribution in [1.29, 1.82) is 0 Å². The van der Waals surface area contributed by atoms with Crippen molar-refractivity contribution in [3.63, 3.8) is 0 Å². The standard InChI is InChI=1S/C12H16N2S2/c1-3-12-14-11(8-16-12)9(2)13-7-10-5-4-6-15-10/h4-6,8-9,13H,3,7H2,1-2H3. The first-order valence-corrected chi connectivity index (χ1v) is 7.25. The largest absolute Gasteiger partial charge is 0.304 e. The Kier molecular flexibility index (Phi) is 4.09. The van der Waals surface area contributed by atoms with Gasteiger partial charge in [-0.1, -0.05) is 13.0 Å². The van der Waals surface area contributed by atoms with E-state index in [1.54, 1.807) is 22.7 Å². The highest BCUT2D eigenvalue weighted by Gasteiger charge is 2.08. The van der Waals surface area contributed by atoms with Crippen LogP contribution in [0.25, 0.3) is 0 Å². The maximum atomic E-state index is 4.59. The van der Waals surface area contributed by atoms with Gasteiger partial charge in [-0.15, -0.1) is 22.7 Å². The summed E-state index contributed by atoms with van der Waals surface area (Å²) >= 11 is 3.54. The van der Waals surface area contributed by atoms with E-state index >= 15 is 0 Å². The van der Waals surface area contributed by atoms with E-state index in [1.165, 1.54) is 15.6 Å². The quantitative estimate of drug-likeness (QED) is 0.879. The van der Waals surface area contributed by atoms with E-state index in [1.807, 2.05) is 0 Å². The van der Waals surface area contributed by atoms with Gasteiger partial charge in [-0.2, -0.15) is 0 Å². The molecule has 2 aromatic heterocycles. The summed E-state index contributed by atoms with van der Waals surface area (Å²) in [6, 6.07) is 4.58. The summed E-state index contributed by atoms with van der Waals surface area (Å²) in [6.45, 7) is 5.24. The Morgan fingerprint density at radius 1 is 1.44 bits per heavy atom. The number of nitrogens with zero attached hydrogens (tertiary/aromatic N) is 1. The molecular formula is C12H16N2S2. The Hall–Kier alpha value is -0.710. The van der Waals surface area contributed by atoms with Crippen LogP contribution in [-0.2, 0) is 13.0 Å². The molecule has 2 rings (SSSR count). The molecule has 1 atom stereocenters. The lowest BCUT2D eigenvalue weighted by molar-refractivity contribution is 0.567. The van der Waals surface area contributed by atoms with Crippen molar-refractivity contribution in [2.75, 3.05) is 0 Å². The van der Waals surface area contributed by atoms with Crippen LogP contribution in [0.4, 0.5) is 0 Å². The third-order valence-corrected chi connectivity index (χ3v) is 4.37. The van der Waals surface area contributed by atoms with E-state index in [2.05, 4.69) is 47.0 Å². The molecule has 4 heteroatoms. The fourth-order valence-corrected chi connectivity index (χ4v) is 2.95. The molecule has 0 amide bonds. The molecule has 1 N–H and O–H groups in total. The van der Waals surface area contributed by atoms with Crippen LogP contribution in [0.2, 0.25) is 0 Å². The third-order valence-electron chi connectivity index (χ3n) is 2.48. The topological polar surface area (TPSA) is 24.9 Å². The van der Waals surface area contributed by atoms with Crippen LogP contribution in [0, 0.1) is 0 Å². The molecule has 2 nitrogen and oxygen atoms in total. The second-order valence-corrected chi connectivity index (χ2v) is 5.68. The van der Waals surface area contributed by atoms with Gasteiger partial charge in [0.05, 0.1) is 10.7 Å². The fourth-order valence-electron chi connectivity index (χ4n) is 1.46. The van der Waals surface area contributed by atoms with E-state index in [4.69, 9.17) is 0 Å². The summed E-state index contributed by atoms with van der Waals surface area (Å²) in [5.41, 5.74) is 1.17. The van der Waals surface area contributed by atoms with Crippen LogP contribution in [0.15, 0.2) is 22.9 Å².